The average molecular weight is 352 g/mol. The van der Waals surface area contributed by atoms with Crippen LogP contribution in [-0.4, -0.2) is 5.91 Å². The average Bonchev–Trinajstić information content (AvgIpc) is 2.45. The number of rotatable bonds is 2. The highest BCUT2D eigenvalue weighted by Gasteiger charge is 2.21. The summed E-state index contributed by atoms with van der Waals surface area (Å²) in [5.74, 6) is -0.889. The molecule has 0 bridgehead atoms. The fourth-order valence-electron chi connectivity index (χ4n) is 2.46. The molecule has 2 aromatic carbocycles. The summed E-state index contributed by atoms with van der Waals surface area (Å²) in [7, 11) is 0. The van der Waals surface area contributed by atoms with Crippen LogP contribution in [0.1, 0.15) is 27.9 Å². The Bertz CT molecular complexity index is 717. The molecule has 0 spiro atoms. The third-order valence-electron chi connectivity index (χ3n) is 3.53. The first-order valence-electron chi connectivity index (χ1n) is 6.56. The molecular formula is C16H12BrF2NO. The fourth-order valence-corrected chi connectivity index (χ4v) is 3.09. The quantitative estimate of drug-likeness (QED) is 0.801. The summed E-state index contributed by atoms with van der Waals surface area (Å²) in [6.45, 7) is 0. The zero-order valence-electron chi connectivity index (χ0n) is 11.0. The first kappa shape index (κ1) is 14.2. The molecule has 0 aliphatic carbocycles. The van der Waals surface area contributed by atoms with Crippen molar-refractivity contribution in [2.24, 2.45) is 0 Å². The maximum atomic E-state index is 14.3. The van der Waals surface area contributed by atoms with Crippen molar-refractivity contribution < 1.29 is 13.6 Å². The maximum absolute atomic E-state index is 14.3. The lowest BCUT2D eigenvalue weighted by Crippen LogP contribution is -2.19. The molecule has 1 unspecified atom stereocenters. The van der Waals surface area contributed by atoms with Crippen molar-refractivity contribution in [3.63, 3.8) is 0 Å². The lowest BCUT2D eigenvalue weighted by atomic mass is 9.96. The number of benzene rings is 2. The SMILES string of the molecule is O=C1CCc2cc(C(Br)c3cccc(F)c3)c(F)cc2N1. The number of anilines is 1. The Hall–Kier alpha value is -1.75. The molecule has 1 atom stereocenters. The smallest absolute Gasteiger partial charge is 0.224 e. The zero-order valence-corrected chi connectivity index (χ0v) is 12.6. The molecule has 21 heavy (non-hydrogen) atoms. The van der Waals surface area contributed by atoms with Crippen molar-refractivity contribution in [3.05, 3.63) is 64.7 Å². The molecule has 108 valence electrons. The summed E-state index contributed by atoms with van der Waals surface area (Å²) < 4.78 is 27.6. The molecule has 0 radical (unpaired) electrons. The van der Waals surface area contributed by atoms with Gasteiger partial charge >= 0.3 is 0 Å². The van der Waals surface area contributed by atoms with Crippen molar-refractivity contribution >= 4 is 27.5 Å². The number of aryl methyl sites for hydroxylation is 1. The maximum Gasteiger partial charge on any atom is 0.224 e. The van der Waals surface area contributed by atoms with E-state index in [0.29, 0.717) is 29.7 Å². The molecule has 3 rings (SSSR count). The first-order chi connectivity index (χ1) is 10.0. The molecule has 1 amide bonds. The van der Waals surface area contributed by atoms with Crippen LogP contribution in [0.2, 0.25) is 0 Å². The number of carbonyl (C=O) groups excluding carboxylic acids is 1. The van der Waals surface area contributed by atoms with Crippen molar-refractivity contribution in [2.75, 3.05) is 5.32 Å². The van der Waals surface area contributed by atoms with Crippen molar-refractivity contribution in [3.8, 4) is 0 Å². The van der Waals surface area contributed by atoms with Gasteiger partial charge in [-0.25, -0.2) is 8.78 Å². The van der Waals surface area contributed by atoms with Crippen LogP contribution in [0.3, 0.4) is 0 Å². The second-order valence-corrected chi connectivity index (χ2v) is 5.91. The Kier molecular flexibility index (Phi) is 3.76. The molecule has 0 fully saturated rings. The third kappa shape index (κ3) is 2.83. The van der Waals surface area contributed by atoms with Gasteiger partial charge in [0.2, 0.25) is 5.91 Å². The normalized spacial score (nSPS) is 15.3. The molecule has 1 aliphatic heterocycles. The fraction of sp³-hybridized carbons (Fsp3) is 0.188. The molecule has 1 aliphatic rings. The van der Waals surface area contributed by atoms with Gasteiger partial charge in [-0.1, -0.05) is 28.1 Å². The van der Waals surface area contributed by atoms with E-state index in [-0.39, 0.29) is 11.7 Å². The van der Waals surface area contributed by atoms with Gasteiger partial charge in [0, 0.05) is 17.7 Å². The molecular weight excluding hydrogens is 340 g/mol. The lowest BCUT2D eigenvalue weighted by Gasteiger charge is -2.20. The minimum Gasteiger partial charge on any atom is -0.326 e. The van der Waals surface area contributed by atoms with Gasteiger partial charge in [0.1, 0.15) is 11.6 Å². The van der Waals surface area contributed by atoms with Crippen LogP contribution in [0, 0.1) is 11.6 Å². The van der Waals surface area contributed by atoms with E-state index in [1.807, 2.05) is 0 Å². The first-order valence-corrected chi connectivity index (χ1v) is 7.48. The van der Waals surface area contributed by atoms with E-state index in [1.54, 1.807) is 18.2 Å². The van der Waals surface area contributed by atoms with Crippen LogP contribution < -0.4 is 5.32 Å². The van der Waals surface area contributed by atoms with Gasteiger partial charge in [-0.3, -0.25) is 4.79 Å². The van der Waals surface area contributed by atoms with Crippen LogP contribution in [0.5, 0.6) is 0 Å². The van der Waals surface area contributed by atoms with E-state index in [0.717, 1.165) is 5.56 Å². The van der Waals surface area contributed by atoms with Crippen LogP contribution in [-0.2, 0) is 11.2 Å². The Morgan fingerprint density at radius 2 is 1.95 bits per heavy atom. The van der Waals surface area contributed by atoms with Gasteiger partial charge in [-0.15, -0.1) is 0 Å². The Morgan fingerprint density at radius 3 is 2.71 bits per heavy atom. The van der Waals surface area contributed by atoms with Crippen molar-refractivity contribution in [1.29, 1.82) is 0 Å². The molecule has 0 aromatic heterocycles. The minimum absolute atomic E-state index is 0.102. The summed E-state index contributed by atoms with van der Waals surface area (Å²) in [4.78, 5) is 10.9. The van der Waals surface area contributed by atoms with Gasteiger partial charge in [0.15, 0.2) is 0 Å². The molecule has 5 heteroatoms. The standard InChI is InChI=1S/C16H12BrF2NO/c17-16(10-2-1-3-11(18)6-10)12-7-9-4-5-15(21)20-14(9)8-13(12)19/h1-3,6-8,16H,4-5H2,(H,20,21). The topological polar surface area (TPSA) is 29.1 Å². The third-order valence-corrected chi connectivity index (χ3v) is 4.55. The predicted octanol–water partition coefficient (Wildman–Crippen LogP) is 4.33. The highest BCUT2D eigenvalue weighted by Crippen LogP contribution is 2.36. The zero-order chi connectivity index (χ0) is 15.0. The van der Waals surface area contributed by atoms with E-state index in [4.69, 9.17) is 0 Å². The number of nitrogens with one attached hydrogen (secondary N) is 1. The Labute approximate surface area is 129 Å². The van der Waals surface area contributed by atoms with Gasteiger partial charge < -0.3 is 5.32 Å². The molecule has 2 aromatic rings. The van der Waals surface area contributed by atoms with E-state index in [9.17, 15) is 13.6 Å². The molecule has 0 saturated heterocycles. The summed E-state index contributed by atoms with van der Waals surface area (Å²) in [5, 5.41) is 2.66. The monoisotopic (exact) mass is 351 g/mol. The predicted molar refractivity (Wildman–Crippen MR) is 80.5 cm³/mol. The Balaban J connectivity index is 2.01. The second kappa shape index (κ2) is 5.56. The van der Waals surface area contributed by atoms with Gasteiger partial charge in [0.05, 0.1) is 4.83 Å². The minimum atomic E-state index is -0.434. The van der Waals surface area contributed by atoms with E-state index >= 15 is 0 Å². The van der Waals surface area contributed by atoms with E-state index in [2.05, 4.69) is 21.2 Å². The largest absolute Gasteiger partial charge is 0.326 e. The van der Waals surface area contributed by atoms with Crippen molar-refractivity contribution in [1.82, 2.24) is 0 Å². The number of hydrogen-bond acceptors (Lipinski definition) is 1. The van der Waals surface area contributed by atoms with Gasteiger partial charge in [-0.2, -0.15) is 0 Å². The summed E-state index contributed by atoms with van der Waals surface area (Å²) in [6.07, 6.45) is 0.975. The number of halogens is 3. The number of alkyl halides is 1. The molecule has 1 N–H and O–H groups in total. The highest BCUT2D eigenvalue weighted by molar-refractivity contribution is 9.09. The van der Waals surface area contributed by atoms with Crippen LogP contribution in [0.4, 0.5) is 14.5 Å². The lowest BCUT2D eigenvalue weighted by molar-refractivity contribution is -0.116. The highest BCUT2D eigenvalue weighted by atomic mass is 79.9. The molecule has 2 nitrogen and oxygen atoms in total. The number of amides is 1. The van der Waals surface area contributed by atoms with Gasteiger partial charge in [-0.05, 0) is 41.8 Å². The van der Waals surface area contributed by atoms with Crippen molar-refractivity contribution in [2.45, 2.75) is 17.7 Å². The van der Waals surface area contributed by atoms with E-state index < -0.39 is 10.6 Å². The second-order valence-electron chi connectivity index (χ2n) is 5.00. The number of carbonyl (C=O) groups is 1. The summed E-state index contributed by atoms with van der Waals surface area (Å²) >= 11 is 3.42. The summed E-state index contributed by atoms with van der Waals surface area (Å²) in [6, 6.07) is 9.12. The van der Waals surface area contributed by atoms with Crippen LogP contribution in [0.15, 0.2) is 36.4 Å². The molecule has 1 heterocycles. The number of hydrogen-bond donors (Lipinski definition) is 1. The van der Waals surface area contributed by atoms with Crippen LogP contribution >= 0.6 is 15.9 Å². The Morgan fingerprint density at radius 1 is 1.14 bits per heavy atom. The number of fused-ring (bicyclic) bond motifs is 1. The van der Waals surface area contributed by atoms with Gasteiger partial charge in [0.25, 0.3) is 0 Å². The van der Waals surface area contributed by atoms with Crippen LogP contribution in [0.25, 0.3) is 0 Å². The summed E-state index contributed by atoms with van der Waals surface area (Å²) in [5.41, 5.74) is 2.50. The molecule has 0 saturated carbocycles. The van der Waals surface area contributed by atoms with E-state index in [1.165, 1.54) is 18.2 Å².